The molecular formula is C12H15ClFNO3. The quantitative estimate of drug-likeness (QED) is 0.857. The number of ether oxygens (including phenoxy) is 1. The Morgan fingerprint density at radius 3 is 2.78 bits per heavy atom. The van der Waals surface area contributed by atoms with Crippen molar-refractivity contribution in [3.63, 3.8) is 0 Å². The molecule has 0 spiro atoms. The second-order valence-electron chi connectivity index (χ2n) is 3.64. The van der Waals surface area contributed by atoms with Gasteiger partial charge in [-0.3, -0.25) is 4.79 Å². The van der Waals surface area contributed by atoms with Crippen LogP contribution in [0.1, 0.15) is 10.4 Å². The molecule has 4 nitrogen and oxygen atoms in total. The lowest BCUT2D eigenvalue weighted by atomic mass is 10.2. The Morgan fingerprint density at radius 2 is 2.22 bits per heavy atom. The number of hydrogen-bond acceptors (Lipinski definition) is 3. The Hall–Kier alpha value is -1.17. The van der Waals surface area contributed by atoms with Crippen molar-refractivity contribution < 1.29 is 19.0 Å². The van der Waals surface area contributed by atoms with Crippen LogP contribution in [0.2, 0.25) is 5.02 Å². The van der Waals surface area contributed by atoms with Gasteiger partial charge in [0, 0.05) is 25.8 Å². The molecule has 0 atom stereocenters. The Labute approximate surface area is 110 Å². The topological polar surface area (TPSA) is 49.8 Å². The zero-order valence-corrected chi connectivity index (χ0v) is 10.8. The molecule has 1 aromatic rings. The molecule has 0 aliphatic carbocycles. The number of methoxy groups -OCH3 is 1. The number of benzene rings is 1. The Kier molecular flexibility index (Phi) is 6.04. The first kappa shape index (κ1) is 14.9. The van der Waals surface area contributed by atoms with Crippen LogP contribution < -0.4 is 0 Å². The first-order valence-electron chi connectivity index (χ1n) is 5.44. The SMILES string of the molecule is COCCN(CCO)C(=O)c1ccc(F)c(Cl)c1. The van der Waals surface area contributed by atoms with Crippen molar-refractivity contribution in [3.8, 4) is 0 Å². The van der Waals surface area contributed by atoms with E-state index in [2.05, 4.69) is 0 Å². The summed E-state index contributed by atoms with van der Waals surface area (Å²) in [6.45, 7) is 0.757. The van der Waals surface area contributed by atoms with Gasteiger partial charge in [0.2, 0.25) is 0 Å². The van der Waals surface area contributed by atoms with Crippen LogP contribution in [0, 0.1) is 5.82 Å². The molecule has 1 rings (SSSR count). The summed E-state index contributed by atoms with van der Waals surface area (Å²) in [5.41, 5.74) is 0.283. The number of aliphatic hydroxyl groups is 1. The highest BCUT2D eigenvalue weighted by molar-refractivity contribution is 6.31. The van der Waals surface area contributed by atoms with E-state index in [1.165, 1.54) is 24.1 Å². The smallest absolute Gasteiger partial charge is 0.254 e. The van der Waals surface area contributed by atoms with Gasteiger partial charge in [-0.1, -0.05) is 11.6 Å². The third-order valence-electron chi connectivity index (χ3n) is 2.39. The van der Waals surface area contributed by atoms with Crippen molar-refractivity contribution in [3.05, 3.63) is 34.6 Å². The Bertz CT molecular complexity index is 414. The number of halogens is 2. The fourth-order valence-corrected chi connectivity index (χ4v) is 1.63. The zero-order valence-electron chi connectivity index (χ0n) is 10.0. The molecule has 6 heteroatoms. The van der Waals surface area contributed by atoms with Gasteiger partial charge < -0.3 is 14.7 Å². The molecule has 100 valence electrons. The van der Waals surface area contributed by atoms with Crippen LogP contribution in [0.25, 0.3) is 0 Å². The third kappa shape index (κ3) is 3.94. The number of amides is 1. The number of hydrogen-bond donors (Lipinski definition) is 1. The fraction of sp³-hybridized carbons (Fsp3) is 0.417. The minimum Gasteiger partial charge on any atom is -0.395 e. The lowest BCUT2D eigenvalue weighted by molar-refractivity contribution is 0.0656. The molecule has 1 aromatic carbocycles. The summed E-state index contributed by atoms with van der Waals surface area (Å²) in [6, 6.07) is 3.78. The molecule has 0 unspecified atom stereocenters. The van der Waals surface area contributed by atoms with Gasteiger partial charge in [-0.25, -0.2) is 4.39 Å². The highest BCUT2D eigenvalue weighted by Crippen LogP contribution is 2.17. The average Bonchev–Trinajstić information content (AvgIpc) is 2.37. The van der Waals surface area contributed by atoms with Crippen LogP contribution in [-0.4, -0.2) is 49.3 Å². The summed E-state index contributed by atoms with van der Waals surface area (Å²) in [6.07, 6.45) is 0. The fourth-order valence-electron chi connectivity index (χ4n) is 1.45. The van der Waals surface area contributed by atoms with Gasteiger partial charge in [0.25, 0.3) is 5.91 Å². The first-order valence-corrected chi connectivity index (χ1v) is 5.82. The summed E-state index contributed by atoms with van der Waals surface area (Å²) in [4.78, 5) is 13.5. The lowest BCUT2D eigenvalue weighted by Gasteiger charge is -2.21. The maximum Gasteiger partial charge on any atom is 0.254 e. The highest BCUT2D eigenvalue weighted by Gasteiger charge is 2.16. The zero-order chi connectivity index (χ0) is 13.5. The monoisotopic (exact) mass is 275 g/mol. The molecule has 0 aliphatic heterocycles. The minimum atomic E-state index is -0.571. The predicted molar refractivity (Wildman–Crippen MR) is 66.3 cm³/mol. The number of aliphatic hydroxyl groups excluding tert-OH is 1. The highest BCUT2D eigenvalue weighted by atomic mass is 35.5. The van der Waals surface area contributed by atoms with E-state index < -0.39 is 5.82 Å². The summed E-state index contributed by atoms with van der Waals surface area (Å²) >= 11 is 5.62. The number of carbonyl (C=O) groups is 1. The molecule has 18 heavy (non-hydrogen) atoms. The van der Waals surface area contributed by atoms with E-state index in [4.69, 9.17) is 21.4 Å². The second-order valence-corrected chi connectivity index (χ2v) is 4.04. The largest absolute Gasteiger partial charge is 0.395 e. The van der Waals surface area contributed by atoms with E-state index in [1.807, 2.05) is 0 Å². The molecule has 0 aliphatic rings. The summed E-state index contributed by atoms with van der Waals surface area (Å²) in [5.74, 6) is -0.887. The van der Waals surface area contributed by atoms with E-state index in [0.29, 0.717) is 13.2 Å². The second kappa shape index (κ2) is 7.31. The standard InChI is InChI=1S/C12H15ClFNO3/c1-18-7-5-15(4-6-16)12(17)9-2-3-11(14)10(13)8-9/h2-3,8,16H,4-7H2,1H3. The number of nitrogens with zero attached hydrogens (tertiary/aromatic N) is 1. The van der Waals surface area contributed by atoms with Crippen molar-refractivity contribution in [1.82, 2.24) is 4.90 Å². The van der Waals surface area contributed by atoms with Crippen molar-refractivity contribution >= 4 is 17.5 Å². The average molecular weight is 276 g/mol. The molecule has 0 radical (unpaired) electrons. The third-order valence-corrected chi connectivity index (χ3v) is 2.68. The molecule has 1 amide bonds. The maximum absolute atomic E-state index is 13.0. The van der Waals surface area contributed by atoms with Crippen LogP contribution in [0.15, 0.2) is 18.2 Å². The number of rotatable bonds is 6. The molecular weight excluding hydrogens is 261 g/mol. The summed E-state index contributed by atoms with van der Waals surface area (Å²) in [7, 11) is 1.52. The molecule has 0 fully saturated rings. The number of carbonyl (C=O) groups excluding carboxylic acids is 1. The van der Waals surface area contributed by atoms with E-state index in [1.54, 1.807) is 0 Å². The molecule has 0 heterocycles. The molecule has 1 N–H and O–H groups in total. The van der Waals surface area contributed by atoms with Gasteiger partial charge in [0.1, 0.15) is 5.82 Å². The summed E-state index contributed by atoms with van der Waals surface area (Å²) in [5, 5.41) is 8.81. The van der Waals surface area contributed by atoms with E-state index in [9.17, 15) is 9.18 Å². The van der Waals surface area contributed by atoms with Gasteiger partial charge >= 0.3 is 0 Å². The van der Waals surface area contributed by atoms with Crippen LogP contribution in [-0.2, 0) is 4.74 Å². The van der Waals surface area contributed by atoms with Gasteiger partial charge in [0.15, 0.2) is 0 Å². The minimum absolute atomic E-state index is 0.100. The van der Waals surface area contributed by atoms with Crippen LogP contribution in [0.4, 0.5) is 4.39 Å². The molecule has 0 aromatic heterocycles. The van der Waals surface area contributed by atoms with Gasteiger partial charge in [0.05, 0.1) is 18.2 Å². The van der Waals surface area contributed by atoms with Crippen molar-refractivity contribution in [1.29, 1.82) is 0 Å². The predicted octanol–water partition coefficient (Wildman–Crippen LogP) is 1.56. The van der Waals surface area contributed by atoms with Crippen LogP contribution >= 0.6 is 11.6 Å². The Morgan fingerprint density at radius 1 is 1.50 bits per heavy atom. The Balaban J connectivity index is 2.83. The molecule has 0 bridgehead atoms. The van der Waals surface area contributed by atoms with E-state index in [-0.39, 0.29) is 29.6 Å². The van der Waals surface area contributed by atoms with Crippen molar-refractivity contribution in [2.45, 2.75) is 0 Å². The van der Waals surface area contributed by atoms with Crippen LogP contribution in [0.5, 0.6) is 0 Å². The van der Waals surface area contributed by atoms with Gasteiger partial charge in [-0.15, -0.1) is 0 Å². The van der Waals surface area contributed by atoms with Crippen molar-refractivity contribution in [2.24, 2.45) is 0 Å². The normalized spacial score (nSPS) is 10.4. The molecule has 0 saturated heterocycles. The molecule has 0 saturated carbocycles. The van der Waals surface area contributed by atoms with Crippen LogP contribution in [0.3, 0.4) is 0 Å². The maximum atomic E-state index is 13.0. The van der Waals surface area contributed by atoms with Crippen molar-refractivity contribution in [2.75, 3.05) is 33.4 Å². The summed E-state index contributed by atoms with van der Waals surface area (Å²) < 4.78 is 17.9. The van der Waals surface area contributed by atoms with Gasteiger partial charge in [-0.2, -0.15) is 0 Å². The lowest BCUT2D eigenvalue weighted by Crippen LogP contribution is -2.36. The van der Waals surface area contributed by atoms with E-state index in [0.717, 1.165) is 6.07 Å². The first-order chi connectivity index (χ1) is 8.60. The van der Waals surface area contributed by atoms with Gasteiger partial charge in [-0.05, 0) is 18.2 Å². The van der Waals surface area contributed by atoms with E-state index >= 15 is 0 Å².